The van der Waals surface area contributed by atoms with E-state index in [0.29, 0.717) is 6.42 Å². The van der Waals surface area contributed by atoms with Gasteiger partial charge < -0.3 is 5.11 Å². The topological polar surface area (TPSA) is 20.2 Å². The van der Waals surface area contributed by atoms with Crippen molar-refractivity contribution in [3.8, 4) is 0 Å². The lowest BCUT2D eigenvalue weighted by molar-refractivity contribution is 0.0154. The molecule has 2 heterocycles. The standard InChI is InChI=1S/C13H12Cl2OS2/c1-11(8-12(11,14)15)13(16,9-4-2-6-17-9)10-5-3-7-18-10/h2-7,16H,8H2,1H3/t11-/m1/s1. The molecule has 5 heteroatoms. The fourth-order valence-corrected chi connectivity index (χ4v) is 5.23. The maximum Gasteiger partial charge on any atom is 0.141 e. The Kier molecular flexibility index (Phi) is 2.85. The van der Waals surface area contributed by atoms with Crippen LogP contribution in [0.4, 0.5) is 0 Å². The van der Waals surface area contributed by atoms with Crippen molar-refractivity contribution in [1.29, 1.82) is 0 Å². The first-order chi connectivity index (χ1) is 8.42. The predicted molar refractivity (Wildman–Crippen MR) is 78.8 cm³/mol. The molecule has 18 heavy (non-hydrogen) atoms. The van der Waals surface area contributed by atoms with Gasteiger partial charge in [-0.1, -0.05) is 19.1 Å². The lowest BCUT2D eigenvalue weighted by Crippen LogP contribution is -2.37. The Morgan fingerprint density at radius 2 is 1.61 bits per heavy atom. The molecule has 0 saturated heterocycles. The fourth-order valence-electron chi connectivity index (χ4n) is 2.43. The van der Waals surface area contributed by atoms with Gasteiger partial charge >= 0.3 is 0 Å². The van der Waals surface area contributed by atoms with Crippen molar-refractivity contribution < 1.29 is 5.11 Å². The van der Waals surface area contributed by atoms with Gasteiger partial charge in [0.05, 0.1) is 0 Å². The summed E-state index contributed by atoms with van der Waals surface area (Å²) in [4.78, 5) is 1.80. The molecule has 0 aromatic carbocycles. The van der Waals surface area contributed by atoms with Crippen LogP contribution in [0.15, 0.2) is 35.0 Å². The first-order valence-electron chi connectivity index (χ1n) is 5.60. The van der Waals surface area contributed by atoms with E-state index in [2.05, 4.69) is 0 Å². The molecule has 0 aliphatic heterocycles. The quantitative estimate of drug-likeness (QED) is 0.818. The van der Waals surface area contributed by atoms with Crippen LogP contribution in [0, 0.1) is 5.41 Å². The Morgan fingerprint density at radius 3 is 1.89 bits per heavy atom. The van der Waals surface area contributed by atoms with Crippen LogP contribution in [0.1, 0.15) is 23.1 Å². The first kappa shape index (κ1) is 12.9. The second kappa shape index (κ2) is 3.97. The van der Waals surface area contributed by atoms with Crippen LogP contribution >= 0.6 is 45.9 Å². The minimum atomic E-state index is -1.10. The van der Waals surface area contributed by atoms with Gasteiger partial charge in [0.1, 0.15) is 9.93 Å². The molecule has 1 saturated carbocycles. The van der Waals surface area contributed by atoms with Crippen molar-refractivity contribution in [3.63, 3.8) is 0 Å². The van der Waals surface area contributed by atoms with Crippen molar-refractivity contribution in [2.24, 2.45) is 5.41 Å². The highest BCUT2D eigenvalue weighted by molar-refractivity contribution is 7.11. The summed E-state index contributed by atoms with van der Waals surface area (Å²) in [5.74, 6) is 0. The maximum absolute atomic E-state index is 11.3. The molecule has 1 aliphatic carbocycles. The minimum absolute atomic E-state index is 0.543. The average molecular weight is 319 g/mol. The Bertz CT molecular complexity index is 513. The Morgan fingerprint density at radius 1 is 1.17 bits per heavy atom. The average Bonchev–Trinajstić information content (AvgIpc) is 2.87. The summed E-state index contributed by atoms with van der Waals surface area (Å²) in [6.07, 6.45) is 0.593. The molecule has 3 rings (SSSR count). The Balaban J connectivity index is 2.17. The van der Waals surface area contributed by atoms with Crippen molar-refractivity contribution in [1.82, 2.24) is 0 Å². The smallest absolute Gasteiger partial charge is 0.141 e. The zero-order valence-electron chi connectivity index (χ0n) is 9.69. The minimum Gasteiger partial charge on any atom is -0.378 e. The number of aliphatic hydroxyl groups is 1. The lowest BCUT2D eigenvalue weighted by Gasteiger charge is -2.34. The Labute approximate surface area is 124 Å². The van der Waals surface area contributed by atoms with Gasteiger partial charge in [-0.05, 0) is 29.3 Å². The number of alkyl halides is 2. The van der Waals surface area contributed by atoms with Gasteiger partial charge in [0.15, 0.2) is 0 Å². The Hall–Kier alpha value is -0.0600. The van der Waals surface area contributed by atoms with Gasteiger partial charge in [-0.15, -0.1) is 45.9 Å². The molecule has 96 valence electrons. The van der Waals surface area contributed by atoms with Crippen molar-refractivity contribution in [2.45, 2.75) is 23.3 Å². The lowest BCUT2D eigenvalue weighted by atomic mass is 9.82. The van der Waals surface area contributed by atoms with Crippen LogP contribution < -0.4 is 0 Å². The van der Waals surface area contributed by atoms with E-state index in [1.54, 1.807) is 0 Å². The molecule has 0 amide bonds. The second-order valence-electron chi connectivity index (χ2n) is 4.88. The highest BCUT2D eigenvalue weighted by Crippen LogP contribution is 2.73. The zero-order valence-corrected chi connectivity index (χ0v) is 12.8. The second-order valence-corrected chi connectivity index (χ2v) is 8.26. The first-order valence-corrected chi connectivity index (χ1v) is 8.11. The van der Waals surface area contributed by atoms with Crippen LogP contribution in [0.2, 0.25) is 0 Å². The third-order valence-corrected chi connectivity index (χ3v) is 6.87. The van der Waals surface area contributed by atoms with E-state index >= 15 is 0 Å². The van der Waals surface area contributed by atoms with Crippen molar-refractivity contribution in [3.05, 3.63) is 44.8 Å². The van der Waals surface area contributed by atoms with E-state index < -0.39 is 15.3 Å². The molecule has 0 radical (unpaired) electrons. The van der Waals surface area contributed by atoms with E-state index in [1.807, 2.05) is 41.9 Å². The summed E-state index contributed by atoms with van der Waals surface area (Å²) in [5, 5.41) is 15.2. The molecule has 0 spiro atoms. The summed E-state index contributed by atoms with van der Waals surface area (Å²) in [7, 11) is 0. The number of hydrogen-bond acceptors (Lipinski definition) is 3. The number of halogens is 2. The van der Waals surface area contributed by atoms with E-state index in [4.69, 9.17) is 23.2 Å². The summed E-state index contributed by atoms with van der Waals surface area (Å²) in [6.45, 7) is 1.95. The molecule has 2 aromatic heterocycles. The van der Waals surface area contributed by atoms with Gasteiger partial charge in [0.25, 0.3) is 0 Å². The van der Waals surface area contributed by atoms with Gasteiger partial charge in [-0.2, -0.15) is 0 Å². The van der Waals surface area contributed by atoms with E-state index in [-0.39, 0.29) is 0 Å². The maximum atomic E-state index is 11.3. The molecule has 1 N–H and O–H groups in total. The monoisotopic (exact) mass is 318 g/mol. The van der Waals surface area contributed by atoms with Crippen molar-refractivity contribution >= 4 is 45.9 Å². The predicted octanol–water partition coefficient (Wildman–Crippen LogP) is 4.63. The summed E-state index contributed by atoms with van der Waals surface area (Å²) < 4.78 is -0.865. The third kappa shape index (κ3) is 1.55. The van der Waals surface area contributed by atoms with E-state index in [0.717, 1.165) is 9.75 Å². The summed E-state index contributed by atoms with van der Waals surface area (Å²) in [5.41, 5.74) is -1.64. The molecule has 0 unspecified atom stereocenters. The molecule has 1 nitrogen and oxygen atoms in total. The van der Waals surface area contributed by atoms with Crippen LogP contribution in [0.5, 0.6) is 0 Å². The van der Waals surface area contributed by atoms with Gasteiger partial charge in [-0.25, -0.2) is 0 Å². The van der Waals surface area contributed by atoms with Crippen LogP contribution in [-0.2, 0) is 5.60 Å². The van der Waals surface area contributed by atoms with E-state index in [1.165, 1.54) is 22.7 Å². The normalized spacial score (nSPS) is 26.2. The molecule has 1 fully saturated rings. The SMILES string of the molecule is C[C@@]1(C(O)(c2cccs2)c2cccs2)CC1(Cl)Cl. The highest BCUT2D eigenvalue weighted by atomic mass is 35.5. The number of thiophene rings is 2. The molecule has 0 bridgehead atoms. The molecular weight excluding hydrogens is 307 g/mol. The van der Waals surface area contributed by atoms with Gasteiger partial charge in [0, 0.05) is 15.2 Å². The molecular formula is C13H12Cl2OS2. The van der Waals surface area contributed by atoms with Crippen LogP contribution in [-0.4, -0.2) is 9.44 Å². The van der Waals surface area contributed by atoms with Crippen molar-refractivity contribution in [2.75, 3.05) is 0 Å². The third-order valence-electron chi connectivity index (χ3n) is 3.81. The van der Waals surface area contributed by atoms with Gasteiger partial charge in [0.2, 0.25) is 0 Å². The zero-order chi connectivity index (χ0) is 13.0. The number of rotatable bonds is 3. The fraction of sp³-hybridized carbons (Fsp3) is 0.385. The van der Waals surface area contributed by atoms with Crippen LogP contribution in [0.25, 0.3) is 0 Å². The summed E-state index contributed by atoms with van der Waals surface area (Å²) in [6, 6.07) is 7.76. The molecule has 1 atom stereocenters. The summed E-state index contributed by atoms with van der Waals surface area (Å²) >= 11 is 15.6. The van der Waals surface area contributed by atoms with Crippen LogP contribution in [0.3, 0.4) is 0 Å². The molecule has 1 aliphatic rings. The van der Waals surface area contributed by atoms with E-state index in [9.17, 15) is 5.11 Å². The van der Waals surface area contributed by atoms with Gasteiger partial charge in [-0.3, -0.25) is 0 Å². The highest BCUT2D eigenvalue weighted by Gasteiger charge is 2.74. The molecule has 2 aromatic rings. The number of hydrogen-bond donors (Lipinski definition) is 1. The largest absolute Gasteiger partial charge is 0.378 e.